The van der Waals surface area contributed by atoms with E-state index < -0.39 is 17.8 Å². The molecule has 0 radical (unpaired) electrons. The highest BCUT2D eigenvalue weighted by Gasteiger charge is 2.41. The summed E-state index contributed by atoms with van der Waals surface area (Å²) >= 11 is 0. The third-order valence-electron chi connectivity index (χ3n) is 2.32. The van der Waals surface area contributed by atoms with Crippen molar-refractivity contribution in [3.8, 4) is 0 Å². The van der Waals surface area contributed by atoms with Crippen molar-refractivity contribution in [1.82, 2.24) is 4.90 Å². The first-order valence-corrected chi connectivity index (χ1v) is 5.28. The normalized spacial score (nSPS) is 25.7. The van der Waals surface area contributed by atoms with Gasteiger partial charge in [-0.05, 0) is 27.2 Å². The van der Waals surface area contributed by atoms with Gasteiger partial charge in [0.2, 0.25) is 0 Å². The predicted molar refractivity (Wildman–Crippen MR) is 57.6 cm³/mol. The van der Waals surface area contributed by atoms with Crippen molar-refractivity contribution < 1.29 is 19.0 Å². The van der Waals surface area contributed by atoms with Crippen LogP contribution >= 0.6 is 0 Å². The first-order chi connectivity index (χ1) is 7.35. The number of rotatable bonds is 2. The molecule has 16 heavy (non-hydrogen) atoms. The Hall–Kier alpha value is -1.10. The van der Waals surface area contributed by atoms with Gasteiger partial charge in [-0.3, -0.25) is 4.90 Å². The van der Waals surface area contributed by atoms with Gasteiger partial charge in [0.05, 0.1) is 25.0 Å². The molecule has 0 spiro atoms. The summed E-state index contributed by atoms with van der Waals surface area (Å²) in [6, 6.07) is -0.373. The maximum atomic E-state index is 11.8. The van der Waals surface area contributed by atoms with Crippen LogP contribution in [0.2, 0.25) is 0 Å². The molecule has 5 heteroatoms. The first kappa shape index (κ1) is 13.0. The van der Waals surface area contributed by atoms with Crippen LogP contribution in [0.5, 0.6) is 0 Å². The van der Waals surface area contributed by atoms with Gasteiger partial charge >= 0.3 is 6.09 Å². The maximum absolute atomic E-state index is 11.8. The molecule has 1 fully saturated rings. The summed E-state index contributed by atoms with van der Waals surface area (Å²) in [5.74, 6) is 0. The van der Waals surface area contributed by atoms with E-state index in [4.69, 9.17) is 4.74 Å². The average Bonchev–Trinajstić information content (AvgIpc) is 2.11. The second-order valence-corrected chi connectivity index (χ2v) is 4.86. The Balaban J connectivity index is 2.51. The molecule has 0 bridgehead atoms. The van der Waals surface area contributed by atoms with Gasteiger partial charge in [-0.2, -0.15) is 0 Å². The summed E-state index contributed by atoms with van der Waals surface area (Å²) in [4.78, 5) is 13.0. The van der Waals surface area contributed by atoms with Crippen molar-refractivity contribution in [2.24, 2.45) is 0 Å². The highest BCUT2D eigenvalue weighted by atomic mass is 19.1. The highest BCUT2D eigenvalue weighted by Crippen LogP contribution is 2.24. The van der Waals surface area contributed by atoms with Crippen LogP contribution in [-0.4, -0.2) is 40.4 Å². The van der Waals surface area contributed by atoms with Crippen LogP contribution in [0.25, 0.3) is 0 Å². The predicted octanol–water partition coefficient (Wildman–Crippen LogP) is 1.84. The summed E-state index contributed by atoms with van der Waals surface area (Å²) < 4.78 is 17.0. The van der Waals surface area contributed by atoms with Gasteiger partial charge in [-0.25, -0.2) is 9.18 Å². The van der Waals surface area contributed by atoms with E-state index in [-0.39, 0.29) is 12.6 Å². The van der Waals surface area contributed by atoms with Crippen molar-refractivity contribution >= 4 is 6.09 Å². The van der Waals surface area contributed by atoms with E-state index in [0.29, 0.717) is 12.8 Å². The smallest absolute Gasteiger partial charge is 0.410 e. The van der Waals surface area contributed by atoms with Crippen molar-refractivity contribution in [2.75, 3.05) is 6.54 Å². The van der Waals surface area contributed by atoms with Gasteiger partial charge in [0.15, 0.2) is 0 Å². The molecular weight excluding hydrogens is 213 g/mol. The number of carbonyl (C=O) groups excluding carboxylic acids is 1. The van der Waals surface area contributed by atoms with E-state index in [9.17, 15) is 14.3 Å². The zero-order valence-corrected chi connectivity index (χ0v) is 9.81. The molecule has 92 valence electrons. The van der Waals surface area contributed by atoms with E-state index >= 15 is 0 Å². The number of aliphatic hydroxyl groups excluding tert-OH is 1. The topological polar surface area (TPSA) is 49.8 Å². The minimum absolute atomic E-state index is 0.250. The lowest BCUT2D eigenvalue weighted by molar-refractivity contribution is -0.0693. The van der Waals surface area contributed by atoms with Gasteiger partial charge in [0.1, 0.15) is 5.60 Å². The van der Waals surface area contributed by atoms with E-state index in [2.05, 4.69) is 0 Å². The van der Waals surface area contributed by atoms with Crippen molar-refractivity contribution in [1.29, 1.82) is 0 Å². The van der Waals surface area contributed by atoms with Crippen LogP contribution in [0.1, 0.15) is 27.2 Å². The second-order valence-electron chi connectivity index (χ2n) is 4.86. The molecule has 4 nitrogen and oxygen atoms in total. The highest BCUT2D eigenvalue weighted by molar-refractivity contribution is 5.70. The quantitative estimate of drug-likeness (QED) is 0.789. The average molecular weight is 231 g/mol. The molecule has 1 saturated heterocycles. The molecule has 1 amide bonds. The van der Waals surface area contributed by atoms with Gasteiger partial charge < -0.3 is 9.84 Å². The molecule has 0 aromatic heterocycles. The number of halogens is 1. The monoisotopic (exact) mass is 231 g/mol. The van der Waals surface area contributed by atoms with Crippen molar-refractivity contribution in [3.05, 3.63) is 12.4 Å². The van der Waals surface area contributed by atoms with Crippen molar-refractivity contribution in [2.45, 2.75) is 44.9 Å². The fourth-order valence-electron chi connectivity index (χ4n) is 1.53. The van der Waals surface area contributed by atoms with Crippen LogP contribution in [0.15, 0.2) is 12.4 Å². The third-order valence-corrected chi connectivity index (χ3v) is 2.32. The fourth-order valence-corrected chi connectivity index (χ4v) is 1.53. The number of amides is 1. The minimum atomic E-state index is -0.594. The lowest BCUT2D eigenvalue weighted by atomic mass is 9.97. The molecule has 1 heterocycles. The molecule has 1 rings (SSSR count). The van der Waals surface area contributed by atoms with E-state index in [1.807, 2.05) is 0 Å². The number of β-amino-alcohol motifs (C(OH)–C–C–N with tert-alkyl or cyclic N) is 1. The third kappa shape index (κ3) is 3.20. The van der Waals surface area contributed by atoms with Gasteiger partial charge in [-0.1, -0.05) is 6.08 Å². The zero-order valence-electron chi connectivity index (χ0n) is 9.81. The number of hydrogen-bond donors (Lipinski definition) is 1. The molecule has 0 saturated carbocycles. The number of likely N-dealkylation sites (tertiary alicyclic amines) is 1. The van der Waals surface area contributed by atoms with Crippen LogP contribution < -0.4 is 0 Å². The maximum Gasteiger partial charge on any atom is 0.410 e. The SMILES string of the molecule is CC(C)(C)OC(=O)N1CC(O)C1CC=CF. The van der Waals surface area contributed by atoms with E-state index in [1.165, 1.54) is 11.0 Å². The standard InChI is InChI=1S/C11H18FNO3/c1-11(2,3)16-10(15)13-7-9(14)8(13)5-4-6-12/h4,6,8-9,14H,5,7H2,1-3H3. The molecular formula is C11H18FNO3. The summed E-state index contributed by atoms with van der Waals surface area (Å²) in [6.07, 6.45) is 0.943. The molecule has 1 N–H and O–H groups in total. The fraction of sp³-hybridized carbons (Fsp3) is 0.727. The number of ether oxygens (including phenoxy) is 1. The molecule has 0 aliphatic carbocycles. The molecule has 1 aliphatic heterocycles. The zero-order chi connectivity index (χ0) is 12.3. The van der Waals surface area contributed by atoms with Crippen LogP contribution in [0, 0.1) is 0 Å². The lowest BCUT2D eigenvalue weighted by Gasteiger charge is -2.44. The Bertz CT molecular complexity index is 285. The first-order valence-electron chi connectivity index (χ1n) is 5.28. The molecule has 0 aromatic rings. The largest absolute Gasteiger partial charge is 0.444 e. The van der Waals surface area contributed by atoms with Crippen molar-refractivity contribution in [3.63, 3.8) is 0 Å². The van der Waals surface area contributed by atoms with Gasteiger partial charge in [0, 0.05) is 0 Å². The van der Waals surface area contributed by atoms with Crippen LogP contribution in [-0.2, 0) is 4.74 Å². The Kier molecular flexibility index (Phi) is 3.91. The number of nitrogens with zero attached hydrogens (tertiary/aromatic N) is 1. The Morgan fingerprint density at radius 3 is 2.69 bits per heavy atom. The lowest BCUT2D eigenvalue weighted by Crippen LogP contribution is -2.62. The van der Waals surface area contributed by atoms with Crippen LogP contribution in [0.4, 0.5) is 9.18 Å². The second kappa shape index (κ2) is 4.82. The molecule has 0 aromatic carbocycles. The molecule has 1 aliphatic rings. The summed E-state index contributed by atoms with van der Waals surface area (Å²) in [5, 5.41) is 9.45. The Morgan fingerprint density at radius 1 is 1.62 bits per heavy atom. The number of carbonyl (C=O) groups is 1. The van der Waals surface area contributed by atoms with E-state index in [1.54, 1.807) is 20.8 Å². The molecule has 2 unspecified atom stereocenters. The molecule has 2 atom stereocenters. The number of hydrogen-bond acceptors (Lipinski definition) is 3. The van der Waals surface area contributed by atoms with Gasteiger partial charge in [-0.15, -0.1) is 0 Å². The minimum Gasteiger partial charge on any atom is -0.444 e. The number of aliphatic hydroxyl groups is 1. The van der Waals surface area contributed by atoms with Gasteiger partial charge in [0.25, 0.3) is 0 Å². The summed E-state index contributed by atoms with van der Waals surface area (Å²) in [6.45, 7) is 5.58. The summed E-state index contributed by atoms with van der Waals surface area (Å²) in [5.41, 5.74) is -0.557. The Morgan fingerprint density at radius 2 is 2.25 bits per heavy atom. The summed E-state index contributed by atoms with van der Waals surface area (Å²) in [7, 11) is 0. The Labute approximate surface area is 94.7 Å². The van der Waals surface area contributed by atoms with Crippen LogP contribution in [0.3, 0.4) is 0 Å². The van der Waals surface area contributed by atoms with E-state index in [0.717, 1.165) is 0 Å².